The van der Waals surface area contributed by atoms with Crippen LogP contribution in [0.3, 0.4) is 0 Å². The van der Waals surface area contributed by atoms with Gasteiger partial charge in [0, 0.05) is 18.7 Å². The van der Waals surface area contributed by atoms with E-state index in [9.17, 15) is 18.0 Å². The summed E-state index contributed by atoms with van der Waals surface area (Å²) >= 11 is 0. The van der Waals surface area contributed by atoms with Crippen molar-refractivity contribution in [2.45, 2.75) is 19.3 Å². The zero-order chi connectivity index (χ0) is 23.9. The summed E-state index contributed by atoms with van der Waals surface area (Å²) in [5.74, 6) is -0.219. The van der Waals surface area contributed by atoms with Crippen molar-refractivity contribution in [3.05, 3.63) is 93.8 Å². The quantitative estimate of drug-likeness (QED) is 0.378. The molecule has 0 amide bonds. The van der Waals surface area contributed by atoms with Crippen molar-refractivity contribution in [3.63, 3.8) is 0 Å². The van der Waals surface area contributed by atoms with Gasteiger partial charge in [-0.15, -0.1) is 0 Å². The van der Waals surface area contributed by atoms with Crippen LogP contribution in [-0.2, 0) is 19.3 Å². The molecule has 34 heavy (non-hydrogen) atoms. The van der Waals surface area contributed by atoms with E-state index in [4.69, 9.17) is 13.9 Å². The van der Waals surface area contributed by atoms with E-state index < -0.39 is 22.9 Å². The molecular weight excluding hydrogens is 447 g/mol. The van der Waals surface area contributed by atoms with Crippen molar-refractivity contribution >= 4 is 11.0 Å². The van der Waals surface area contributed by atoms with Gasteiger partial charge in [-0.05, 0) is 23.8 Å². The lowest BCUT2D eigenvalue weighted by Crippen LogP contribution is -2.32. The van der Waals surface area contributed by atoms with Gasteiger partial charge in [-0.25, -0.2) is 0 Å². The number of hydrogen-bond donors (Lipinski definition) is 0. The second kappa shape index (κ2) is 8.53. The first-order valence-corrected chi connectivity index (χ1v) is 10.6. The summed E-state index contributed by atoms with van der Waals surface area (Å²) in [4.78, 5) is 15.2. The Morgan fingerprint density at radius 3 is 2.47 bits per heavy atom. The average Bonchev–Trinajstić information content (AvgIpc) is 2.84. The highest BCUT2D eigenvalue weighted by molar-refractivity contribution is 5.87. The Morgan fingerprint density at radius 1 is 1.00 bits per heavy atom. The minimum atomic E-state index is -4.85. The van der Waals surface area contributed by atoms with Crippen molar-refractivity contribution < 1.29 is 27.1 Å². The molecule has 0 atom stereocenters. The molecule has 174 valence electrons. The Bertz CT molecular complexity index is 1410. The van der Waals surface area contributed by atoms with Gasteiger partial charge in [0.25, 0.3) is 0 Å². The molecule has 0 aliphatic carbocycles. The maximum atomic E-state index is 14.0. The van der Waals surface area contributed by atoms with Crippen LogP contribution in [0.25, 0.3) is 22.1 Å². The van der Waals surface area contributed by atoms with E-state index in [1.807, 2.05) is 29.2 Å². The zero-order valence-electron chi connectivity index (χ0n) is 18.2. The van der Waals surface area contributed by atoms with E-state index in [1.54, 1.807) is 31.4 Å². The minimum absolute atomic E-state index is 0.0772. The van der Waals surface area contributed by atoms with Crippen LogP contribution in [0.5, 0.6) is 11.5 Å². The second-order valence-corrected chi connectivity index (χ2v) is 7.99. The number of para-hydroxylation sites is 1. The first-order chi connectivity index (χ1) is 16.4. The molecule has 1 aliphatic heterocycles. The van der Waals surface area contributed by atoms with Crippen molar-refractivity contribution in [1.82, 2.24) is 4.90 Å². The molecule has 0 spiro atoms. The predicted octanol–water partition coefficient (Wildman–Crippen LogP) is 5.84. The summed E-state index contributed by atoms with van der Waals surface area (Å²) in [6, 6.07) is 18.3. The van der Waals surface area contributed by atoms with E-state index in [2.05, 4.69) is 0 Å². The van der Waals surface area contributed by atoms with Gasteiger partial charge in [-0.2, -0.15) is 13.2 Å². The lowest BCUT2D eigenvalue weighted by Gasteiger charge is -2.30. The molecule has 1 aliphatic rings. The van der Waals surface area contributed by atoms with Crippen LogP contribution < -0.4 is 14.9 Å². The van der Waals surface area contributed by atoms with Gasteiger partial charge in [0.15, 0.2) is 0 Å². The Balaban J connectivity index is 1.63. The smallest absolute Gasteiger partial charge is 0.450 e. The predicted molar refractivity (Wildman–Crippen MR) is 121 cm³/mol. The number of methoxy groups -OCH3 is 1. The summed E-state index contributed by atoms with van der Waals surface area (Å²) in [5, 5.41) is 0.0772. The standard InChI is InChI=1S/C26H20F3NO4/c1-32-20-10-6-5-9-17(20)13-30-14-19-21(33-15-30)12-11-18-23(31)22(16-7-3-2-4-8-16)25(26(27,28)29)34-24(18)19/h2-12H,13-15H2,1H3. The first kappa shape index (κ1) is 22.0. The molecule has 3 aromatic carbocycles. The maximum absolute atomic E-state index is 14.0. The van der Waals surface area contributed by atoms with Crippen molar-refractivity contribution in [2.24, 2.45) is 0 Å². The van der Waals surface area contributed by atoms with Gasteiger partial charge in [0.2, 0.25) is 11.2 Å². The van der Waals surface area contributed by atoms with Gasteiger partial charge in [0.1, 0.15) is 23.8 Å². The number of benzene rings is 3. The fraction of sp³-hybridized carbons (Fsp3) is 0.192. The molecule has 0 N–H and O–H groups in total. The normalized spacial score (nSPS) is 14.0. The highest BCUT2D eigenvalue weighted by Gasteiger charge is 2.40. The van der Waals surface area contributed by atoms with Crippen molar-refractivity contribution in [3.8, 4) is 22.6 Å². The lowest BCUT2D eigenvalue weighted by atomic mass is 10.00. The third kappa shape index (κ3) is 3.90. The molecule has 8 heteroatoms. The van der Waals surface area contributed by atoms with E-state index >= 15 is 0 Å². The average molecular weight is 467 g/mol. The van der Waals surface area contributed by atoms with Gasteiger partial charge in [-0.3, -0.25) is 9.69 Å². The number of nitrogens with zero attached hydrogens (tertiary/aromatic N) is 1. The lowest BCUT2D eigenvalue weighted by molar-refractivity contribution is -0.152. The second-order valence-electron chi connectivity index (χ2n) is 7.99. The SMILES string of the molecule is COc1ccccc1CN1COc2ccc3c(=O)c(-c4ccccc4)c(C(F)(F)F)oc3c2C1. The number of fused-ring (bicyclic) bond motifs is 3. The molecule has 0 fully saturated rings. The molecule has 5 rings (SSSR count). The summed E-state index contributed by atoms with van der Waals surface area (Å²) in [7, 11) is 1.58. The largest absolute Gasteiger partial charge is 0.496 e. The number of alkyl halides is 3. The zero-order valence-corrected chi connectivity index (χ0v) is 18.2. The number of rotatable bonds is 4. The van der Waals surface area contributed by atoms with Crippen LogP contribution >= 0.6 is 0 Å². The van der Waals surface area contributed by atoms with E-state index in [1.165, 1.54) is 18.2 Å². The highest BCUT2D eigenvalue weighted by atomic mass is 19.4. The molecular formula is C26H20F3NO4. The molecule has 4 aromatic rings. The van der Waals surface area contributed by atoms with E-state index in [0.29, 0.717) is 23.6 Å². The molecule has 0 saturated carbocycles. The Morgan fingerprint density at radius 2 is 1.74 bits per heavy atom. The fourth-order valence-corrected chi connectivity index (χ4v) is 4.25. The third-order valence-electron chi connectivity index (χ3n) is 5.81. The Hall–Kier alpha value is -3.78. The summed E-state index contributed by atoms with van der Waals surface area (Å²) in [6.07, 6.45) is -4.85. The first-order valence-electron chi connectivity index (χ1n) is 10.6. The van der Waals surface area contributed by atoms with Crippen molar-refractivity contribution in [1.29, 1.82) is 0 Å². The Labute approximate surface area is 192 Å². The van der Waals surface area contributed by atoms with Crippen LogP contribution in [0.15, 0.2) is 75.9 Å². The van der Waals surface area contributed by atoms with Crippen LogP contribution in [0, 0.1) is 0 Å². The summed E-state index contributed by atoms with van der Waals surface area (Å²) < 4.78 is 58.8. The molecule has 5 nitrogen and oxygen atoms in total. The van der Waals surface area contributed by atoms with Gasteiger partial charge >= 0.3 is 6.18 Å². The molecule has 1 aromatic heterocycles. The number of hydrogen-bond acceptors (Lipinski definition) is 5. The topological polar surface area (TPSA) is 51.9 Å². The third-order valence-corrected chi connectivity index (χ3v) is 5.81. The molecule has 0 radical (unpaired) electrons. The van der Waals surface area contributed by atoms with Crippen LogP contribution in [0.4, 0.5) is 13.2 Å². The fourth-order valence-electron chi connectivity index (χ4n) is 4.25. The maximum Gasteiger partial charge on any atom is 0.450 e. The van der Waals surface area contributed by atoms with E-state index in [-0.39, 0.29) is 29.8 Å². The molecule has 0 unspecified atom stereocenters. The van der Waals surface area contributed by atoms with Gasteiger partial charge in [-0.1, -0.05) is 48.5 Å². The van der Waals surface area contributed by atoms with E-state index in [0.717, 1.165) is 5.56 Å². The molecule has 0 bridgehead atoms. The molecule has 2 heterocycles. The van der Waals surface area contributed by atoms with Crippen molar-refractivity contribution in [2.75, 3.05) is 13.8 Å². The molecule has 0 saturated heterocycles. The Kier molecular flexibility index (Phi) is 5.53. The van der Waals surface area contributed by atoms with Crippen LogP contribution in [0.1, 0.15) is 16.9 Å². The van der Waals surface area contributed by atoms with Gasteiger partial charge < -0.3 is 13.9 Å². The van der Waals surface area contributed by atoms with Crippen LogP contribution in [0.2, 0.25) is 0 Å². The summed E-state index contributed by atoms with van der Waals surface area (Å²) in [6.45, 7) is 0.920. The van der Waals surface area contributed by atoms with Gasteiger partial charge in [0.05, 0.1) is 23.6 Å². The van der Waals surface area contributed by atoms with Crippen LogP contribution in [-0.4, -0.2) is 18.7 Å². The highest BCUT2D eigenvalue weighted by Crippen LogP contribution is 2.40. The number of halogens is 3. The minimum Gasteiger partial charge on any atom is -0.496 e. The summed E-state index contributed by atoms with van der Waals surface area (Å²) in [5.41, 5.74) is 0.117. The monoisotopic (exact) mass is 467 g/mol. The number of ether oxygens (including phenoxy) is 2.